The Hall–Kier alpha value is -7.04. The summed E-state index contributed by atoms with van der Waals surface area (Å²) >= 11 is 0. The third-order valence-corrected chi connectivity index (χ3v) is 10.5. The Morgan fingerprint density at radius 3 is 1.69 bits per heavy atom. The maximum Gasteiger partial charge on any atom is 0.159 e. The molecule has 0 amide bonds. The van der Waals surface area contributed by atoms with Gasteiger partial charge in [-0.05, 0) is 64.0 Å². The highest BCUT2D eigenvalue weighted by atomic mass is 15.0. The Morgan fingerprint density at radius 2 is 0.942 bits per heavy atom. The molecule has 0 saturated heterocycles. The summed E-state index contributed by atoms with van der Waals surface area (Å²) < 4.78 is 4.82. The topological polar surface area (TPSA) is 35.6 Å². The average molecular weight is 663 g/mol. The predicted octanol–water partition coefficient (Wildman–Crippen LogP) is 12.3. The molecule has 3 heterocycles. The predicted molar refractivity (Wildman–Crippen MR) is 217 cm³/mol. The molecule has 0 fully saturated rings. The number of para-hydroxylation sites is 1. The highest BCUT2D eigenvalue weighted by Gasteiger charge is 2.24. The van der Waals surface area contributed by atoms with Crippen LogP contribution in [-0.2, 0) is 0 Å². The van der Waals surface area contributed by atoms with E-state index >= 15 is 0 Å². The first-order valence-corrected chi connectivity index (χ1v) is 17.7. The highest BCUT2D eigenvalue weighted by Crippen LogP contribution is 2.46. The van der Waals surface area contributed by atoms with Gasteiger partial charge in [0, 0.05) is 38.4 Å². The Morgan fingerprint density at radius 1 is 0.385 bits per heavy atom. The number of aromatic nitrogens is 4. The SMILES string of the molecule is c1ccc(-c2ncc(-n3c4ccc5ccccc5c4c4c5c6cc7ccccc7cc6n(-c6ccccc6)c5ccc43)c(-c3ccccc3)n2)cc1. The Labute approximate surface area is 299 Å². The minimum absolute atomic E-state index is 0.703. The van der Waals surface area contributed by atoms with E-state index < -0.39 is 0 Å². The van der Waals surface area contributed by atoms with Crippen LogP contribution in [0.1, 0.15) is 0 Å². The van der Waals surface area contributed by atoms with Gasteiger partial charge in [-0.15, -0.1) is 0 Å². The molecule has 11 aromatic rings. The van der Waals surface area contributed by atoms with Crippen molar-refractivity contribution >= 4 is 65.2 Å². The van der Waals surface area contributed by atoms with Gasteiger partial charge in [-0.1, -0.05) is 133 Å². The van der Waals surface area contributed by atoms with E-state index in [-0.39, 0.29) is 0 Å². The molecule has 0 aliphatic rings. The van der Waals surface area contributed by atoms with Crippen molar-refractivity contribution in [3.8, 4) is 34.0 Å². The summed E-state index contributed by atoms with van der Waals surface area (Å²) in [6, 6.07) is 62.7. The third-order valence-electron chi connectivity index (χ3n) is 10.5. The average Bonchev–Trinajstić information content (AvgIpc) is 3.73. The summed E-state index contributed by atoms with van der Waals surface area (Å²) in [5, 5.41) is 9.81. The fourth-order valence-electron chi connectivity index (χ4n) is 8.25. The fraction of sp³-hybridized carbons (Fsp3) is 0. The molecular weight excluding hydrogens is 633 g/mol. The van der Waals surface area contributed by atoms with E-state index in [0.29, 0.717) is 5.82 Å². The normalized spacial score (nSPS) is 11.8. The van der Waals surface area contributed by atoms with Gasteiger partial charge in [0.1, 0.15) is 0 Å². The molecule has 4 nitrogen and oxygen atoms in total. The monoisotopic (exact) mass is 662 g/mol. The standard InChI is InChI=1S/C48H30N4/c1-4-15-32(16-5-1)47-43(30-49-48(50-47)33-17-6-2-7-18-33)52-40-25-24-31-14-12-13-23-37(31)44(40)46-41(52)27-26-39-45(46)38-28-34-19-10-11-20-35(34)29-42(38)51(39)36-21-8-3-9-22-36/h1-30H. The maximum atomic E-state index is 5.30. The summed E-state index contributed by atoms with van der Waals surface area (Å²) in [7, 11) is 0. The largest absolute Gasteiger partial charge is 0.309 e. The van der Waals surface area contributed by atoms with Crippen LogP contribution in [0, 0.1) is 0 Å². The molecule has 8 aromatic carbocycles. The van der Waals surface area contributed by atoms with E-state index in [1.807, 2.05) is 24.4 Å². The second-order valence-electron chi connectivity index (χ2n) is 13.4. The van der Waals surface area contributed by atoms with E-state index in [1.165, 1.54) is 54.1 Å². The van der Waals surface area contributed by atoms with Gasteiger partial charge in [-0.3, -0.25) is 0 Å². The van der Waals surface area contributed by atoms with Crippen LogP contribution < -0.4 is 0 Å². The molecular formula is C48H30N4. The second kappa shape index (κ2) is 11.2. The molecule has 0 radical (unpaired) electrons. The van der Waals surface area contributed by atoms with E-state index in [4.69, 9.17) is 9.97 Å². The Bertz CT molecular complexity index is 3160. The van der Waals surface area contributed by atoms with E-state index in [1.54, 1.807) is 0 Å². The van der Waals surface area contributed by atoms with Crippen LogP contribution in [0.2, 0.25) is 0 Å². The molecule has 0 unspecified atom stereocenters. The highest BCUT2D eigenvalue weighted by molar-refractivity contribution is 6.34. The lowest BCUT2D eigenvalue weighted by molar-refractivity contribution is 1.09. The molecule has 52 heavy (non-hydrogen) atoms. The molecule has 0 spiro atoms. The molecule has 0 bridgehead atoms. The van der Waals surface area contributed by atoms with E-state index in [0.717, 1.165) is 39.2 Å². The van der Waals surface area contributed by atoms with Crippen molar-refractivity contribution in [3.63, 3.8) is 0 Å². The zero-order valence-corrected chi connectivity index (χ0v) is 28.1. The lowest BCUT2D eigenvalue weighted by Gasteiger charge is -2.14. The van der Waals surface area contributed by atoms with Crippen LogP contribution in [-0.4, -0.2) is 19.1 Å². The van der Waals surface area contributed by atoms with Crippen LogP contribution >= 0.6 is 0 Å². The van der Waals surface area contributed by atoms with Crippen LogP contribution in [0.3, 0.4) is 0 Å². The zero-order chi connectivity index (χ0) is 34.2. The molecule has 0 N–H and O–H groups in total. The van der Waals surface area contributed by atoms with Gasteiger partial charge < -0.3 is 9.13 Å². The molecule has 0 aliphatic carbocycles. The number of nitrogens with zero attached hydrogens (tertiary/aromatic N) is 4. The van der Waals surface area contributed by atoms with Crippen LogP contribution in [0.25, 0.3) is 99.2 Å². The van der Waals surface area contributed by atoms with Crippen LogP contribution in [0.5, 0.6) is 0 Å². The second-order valence-corrected chi connectivity index (χ2v) is 13.4. The number of fused-ring (bicyclic) bond motifs is 10. The smallest absolute Gasteiger partial charge is 0.159 e. The molecule has 242 valence electrons. The van der Waals surface area contributed by atoms with Crippen molar-refractivity contribution in [1.29, 1.82) is 0 Å². The molecule has 4 heteroatoms. The quantitative estimate of drug-likeness (QED) is 0.188. The third kappa shape index (κ3) is 4.21. The number of benzene rings is 8. The fourth-order valence-corrected chi connectivity index (χ4v) is 8.25. The summed E-state index contributed by atoms with van der Waals surface area (Å²) in [6.45, 7) is 0. The summed E-state index contributed by atoms with van der Waals surface area (Å²) in [5.74, 6) is 0.703. The first-order chi connectivity index (χ1) is 25.8. The zero-order valence-electron chi connectivity index (χ0n) is 28.1. The molecule has 0 saturated carbocycles. The van der Waals surface area contributed by atoms with Gasteiger partial charge in [-0.25, -0.2) is 9.97 Å². The Kier molecular flexibility index (Phi) is 6.22. The van der Waals surface area contributed by atoms with Crippen molar-refractivity contribution < 1.29 is 0 Å². The van der Waals surface area contributed by atoms with Gasteiger partial charge in [0.05, 0.1) is 39.6 Å². The maximum absolute atomic E-state index is 5.30. The van der Waals surface area contributed by atoms with Crippen molar-refractivity contribution in [2.24, 2.45) is 0 Å². The number of rotatable bonds is 4. The number of hydrogen-bond donors (Lipinski definition) is 0. The van der Waals surface area contributed by atoms with Gasteiger partial charge in [0.2, 0.25) is 0 Å². The van der Waals surface area contributed by atoms with E-state index in [2.05, 4.69) is 167 Å². The van der Waals surface area contributed by atoms with Crippen LogP contribution in [0.4, 0.5) is 0 Å². The Balaban J connectivity index is 1.34. The van der Waals surface area contributed by atoms with Crippen LogP contribution in [0.15, 0.2) is 182 Å². The lowest BCUT2D eigenvalue weighted by atomic mass is 9.99. The van der Waals surface area contributed by atoms with Crippen molar-refractivity contribution in [2.45, 2.75) is 0 Å². The first kappa shape index (κ1) is 28.8. The summed E-state index contributed by atoms with van der Waals surface area (Å²) in [5.41, 5.74) is 9.61. The minimum Gasteiger partial charge on any atom is -0.309 e. The summed E-state index contributed by atoms with van der Waals surface area (Å²) in [6.07, 6.45) is 2.01. The lowest BCUT2D eigenvalue weighted by Crippen LogP contribution is -2.02. The minimum atomic E-state index is 0.703. The van der Waals surface area contributed by atoms with Crippen molar-refractivity contribution in [2.75, 3.05) is 0 Å². The van der Waals surface area contributed by atoms with E-state index in [9.17, 15) is 0 Å². The van der Waals surface area contributed by atoms with Gasteiger partial charge in [-0.2, -0.15) is 0 Å². The molecule has 3 aromatic heterocycles. The molecule has 11 rings (SSSR count). The summed E-state index contributed by atoms with van der Waals surface area (Å²) in [4.78, 5) is 10.3. The molecule has 0 atom stereocenters. The van der Waals surface area contributed by atoms with Gasteiger partial charge in [0.15, 0.2) is 5.82 Å². The van der Waals surface area contributed by atoms with Gasteiger partial charge >= 0.3 is 0 Å². The van der Waals surface area contributed by atoms with Crippen molar-refractivity contribution in [1.82, 2.24) is 19.1 Å². The molecule has 0 aliphatic heterocycles. The van der Waals surface area contributed by atoms with Gasteiger partial charge in [0.25, 0.3) is 0 Å². The number of hydrogen-bond acceptors (Lipinski definition) is 2. The van der Waals surface area contributed by atoms with Crippen molar-refractivity contribution in [3.05, 3.63) is 182 Å². The first-order valence-electron chi connectivity index (χ1n) is 17.7.